The number of hydrogen-bond donors (Lipinski definition) is 2. The van der Waals surface area contributed by atoms with Gasteiger partial charge in [-0.05, 0) is 30.9 Å². The molecule has 1 aliphatic rings. The van der Waals surface area contributed by atoms with Crippen LogP contribution in [-0.2, 0) is 10.2 Å². The molecule has 0 saturated carbocycles. The minimum absolute atomic E-state index is 0. The van der Waals surface area contributed by atoms with E-state index in [9.17, 15) is 0 Å². The second-order valence-electron chi connectivity index (χ2n) is 6.64. The van der Waals surface area contributed by atoms with Crippen molar-refractivity contribution in [1.29, 1.82) is 0 Å². The number of nitrogens with zero attached hydrogens (tertiary/aromatic N) is 1. The SMILES string of the molecule is CN=C(NCC1CCCO1)NCC(C)(C)c1ccccc1C.I. The van der Waals surface area contributed by atoms with Gasteiger partial charge in [0.05, 0.1) is 6.10 Å². The molecule has 130 valence electrons. The highest BCUT2D eigenvalue weighted by Crippen LogP contribution is 2.25. The average Bonchev–Trinajstić information content (AvgIpc) is 3.01. The maximum atomic E-state index is 5.63. The van der Waals surface area contributed by atoms with Gasteiger partial charge >= 0.3 is 0 Å². The summed E-state index contributed by atoms with van der Waals surface area (Å²) in [4.78, 5) is 4.31. The van der Waals surface area contributed by atoms with E-state index in [1.54, 1.807) is 0 Å². The fourth-order valence-electron chi connectivity index (χ4n) is 2.97. The number of guanidine groups is 1. The molecule has 1 fully saturated rings. The van der Waals surface area contributed by atoms with E-state index in [2.05, 4.69) is 60.7 Å². The van der Waals surface area contributed by atoms with Gasteiger partial charge in [-0.1, -0.05) is 38.1 Å². The lowest BCUT2D eigenvalue weighted by Crippen LogP contribution is -2.45. The van der Waals surface area contributed by atoms with E-state index >= 15 is 0 Å². The lowest BCUT2D eigenvalue weighted by molar-refractivity contribution is 0.114. The van der Waals surface area contributed by atoms with Crippen LogP contribution in [0, 0.1) is 6.92 Å². The van der Waals surface area contributed by atoms with Crippen LogP contribution in [-0.4, -0.2) is 38.8 Å². The first kappa shape index (κ1) is 20.2. The number of aryl methyl sites for hydroxylation is 1. The number of halogens is 1. The molecule has 1 aromatic carbocycles. The van der Waals surface area contributed by atoms with Crippen LogP contribution in [0.1, 0.15) is 37.8 Å². The van der Waals surface area contributed by atoms with E-state index in [1.165, 1.54) is 17.5 Å². The van der Waals surface area contributed by atoms with Gasteiger partial charge in [-0.15, -0.1) is 24.0 Å². The number of hydrogen-bond acceptors (Lipinski definition) is 2. The summed E-state index contributed by atoms with van der Waals surface area (Å²) in [6.45, 7) is 9.24. The fraction of sp³-hybridized carbons (Fsp3) is 0.611. The third kappa shape index (κ3) is 5.95. The zero-order chi connectivity index (χ0) is 16.0. The summed E-state index contributed by atoms with van der Waals surface area (Å²) >= 11 is 0. The van der Waals surface area contributed by atoms with Gasteiger partial charge in [0.15, 0.2) is 5.96 Å². The highest BCUT2D eigenvalue weighted by Gasteiger charge is 2.23. The molecule has 1 unspecified atom stereocenters. The number of rotatable bonds is 5. The van der Waals surface area contributed by atoms with Crippen LogP contribution >= 0.6 is 24.0 Å². The fourth-order valence-corrected chi connectivity index (χ4v) is 2.97. The molecule has 23 heavy (non-hydrogen) atoms. The Morgan fingerprint density at radius 3 is 2.65 bits per heavy atom. The molecule has 4 nitrogen and oxygen atoms in total. The van der Waals surface area contributed by atoms with Crippen molar-refractivity contribution in [1.82, 2.24) is 10.6 Å². The molecule has 0 spiro atoms. The molecule has 0 radical (unpaired) electrons. The van der Waals surface area contributed by atoms with Gasteiger partial charge in [-0.2, -0.15) is 0 Å². The quantitative estimate of drug-likeness (QED) is 0.428. The predicted molar refractivity (Wildman–Crippen MR) is 108 cm³/mol. The Labute approximate surface area is 157 Å². The molecule has 0 aliphatic carbocycles. The maximum Gasteiger partial charge on any atom is 0.191 e. The van der Waals surface area contributed by atoms with E-state index in [0.717, 1.165) is 32.1 Å². The van der Waals surface area contributed by atoms with Crippen molar-refractivity contribution in [3.8, 4) is 0 Å². The van der Waals surface area contributed by atoms with Crippen molar-refractivity contribution in [3.05, 3.63) is 35.4 Å². The molecule has 2 N–H and O–H groups in total. The highest BCUT2D eigenvalue weighted by molar-refractivity contribution is 14.0. The Balaban J connectivity index is 0.00000264. The Morgan fingerprint density at radius 2 is 2.04 bits per heavy atom. The van der Waals surface area contributed by atoms with Gasteiger partial charge in [0.1, 0.15) is 0 Å². The minimum atomic E-state index is 0. The third-order valence-corrected chi connectivity index (χ3v) is 4.32. The predicted octanol–water partition coefficient (Wildman–Crippen LogP) is 3.23. The van der Waals surface area contributed by atoms with Gasteiger partial charge in [-0.3, -0.25) is 4.99 Å². The topological polar surface area (TPSA) is 45.7 Å². The smallest absolute Gasteiger partial charge is 0.191 e. The third-order valence-electron chi connectivity index (χ3n) is 4.32. The summed E-state index contributed by atoms with van der Waals surface area (Å²) < 4.78 is 5.63. The summed E-state index contributed by atoms with van der Waals surface area (Å²) in [5.41, 5.74) is 2.75. The molecular formula is C18H30IN3O. The van der Waals surface area contributed by atoms with Crippen molar-refractivity contribution in [3.63, 3.8) is 0 Å². The van der Waals surface area contributed by atoms with Gasteiger partial charge in [0.2, 0.25) is 0 Å². The highest BCUT2D eigenvalue weighted by atomic mass is 127. The normalized spacial score (nSPS) is 18.4. The molecule has 1 atom stereocenters. The molecule has 0 aromatic heterocycles. The van der Waals surface area contributed by atoms with E-state index in [1.807, 2.05) is 7.05 Å². The van der Waals surface area contributed by atoms with Crippen molar-refractivity contribution in [2.24, 2.45) is 4.99 Å². The van der Waals surface area contributed by atoms with Gasteiger partial charge < -0.3 is 15.4 Å². The van der Waals surface area contributed by atoms with Crippen molar-refractivity contribution >= 4 is 29.9 Å². The summed E-state index contributed by atoms with van der Waals surface area (Å²) in [7, 11) is 1.81. The monoisotopic (exact) mass is 431 g/mol. The summed E-state index contributed by atoms with van der Waals surface area (Å²) in [6.07, 6.45) is 2.63. The second kappa shape index (κ2) is 9.47. The van der Waals surface area contributed by atoms with Crippen LogP contribution in [0.3, 0.4) is 0 Å². The molecule has 1 aliphatic heterocycles. The van der Waals surface area contributed by atoms with Crippen LogP contribution in [0.2, 0.25) is 0 Å². The number of benzene rings is 1. The Kier molecular flexibility index (Phi) is 8.33. The largest absolute Gasteiger partial charge is 0.376 e. The van der Waals surface area contributed by atoms with Gasteiger partial charge in [0, 0.05) is 32.2 Å². The number of ether oxygens (including phenoxy) is 1. The summed E-state index contributed by atoms with van der Waals surface area (Å²) in [6, 6.07) is 8.57. The molecule has 1 heterocycles. The molecule has 0 amide bonds. The maximum absolute atomic E-state index is 5.63. The van der Waals surface area contributed by atoms with E-state index in [4.69, 9.17) is 4.74 Å². The van der Waals surface area contributed by atoms with Crippen LogP contribution in [0.25, 0.3) is 0 Å². The Bertz CT molecular complexity index is 511. The van der Waals surface area contributed by atoms with Crippen LogP contribution in [0.4, 0.5) is 0 Å². The zero-order valence-corrected chi connectivity index (χ0v) is 17.0. The summed E-state index contributed by atoms with van der Waals surface area (Å²) in [5.74, 6) is 0.845. The van der Waals surface area contributed by atoms with Gasteiger partial charge in [-0.25, -0.2) is 0 Å². The zero-order valence-electron chi connectivity index (χ0n) is 14.7. The molecule has 1 saturated heterocycles. The molecule has 2 rings (SSSR count). The Morgan fingerprint density at radius 1 is 1.30 bits per heavy atom. The van der Waals surface area contributed by atoms with Crippen LogP contribution in [0.5, 0.6) is 0 Å². The molecular weight excluding hydrogens is 401 g/mol. The van der Waals surface area contributed by atoms with E-state index in [-0.39, 0.29) is 29.4 Å². The molecule has 5 heteroatoms. The molecule has 0 bridgehead atoms. The molecule has 1 aromatic rings. The van der Waals surface area contributed by atoms with Crippen LogP contribution < -0.4 is 10.6 Å². The van der Waals surface area contributed by atoms with Crippen molar-refractivity contribution in [2.45, 2.75) is 45.1 Å². The second-order valence-corrected chi connectivity index (χ2v) is 6.64. The first-order chi connectivity index (χ1) is 10.5. The Hall–Kier alpha value is -0.820. The standard InChI is InChI=1S/C18H29N3O.HI/c1-14-8-5-6-10-16(14)18(2,3)13-21-17(19-4)20-12-15-9-7-11-22-15;/h5-6,8,10,15H,7,9,11-13H2,1-4H3,(H2,19,20,21);1H. The minimum Gasteiger partial charge on any atom is -0.376 e. The van der Waals surface area contributed by atoms with Crippen molar-refractivity contribution < 1.29 is 4.74 Å². The number of nitrogens with one attached hydrogen (secondary N) is 2. The summed E-state index contributed by atoms with van der Waals surface area (Å²) in [5, 5.41) is 6.81. The van der Waals surface area contributed by atoms with E-state index in [0.29, 0.717) is 6.10 Å². The van der Waals surface area contributed by atoms with E-state index < -0.39 is 0 Å². The number of aliphatic imine (C=N–C) groups is 1. The first-order valence-electron chi connectivity index (χ1n) is 8.15. The first-order valence-corrected chi connectivity index (χ1v) is 8.15. The van der Waals surface area contributed by atoms with Gasteiger partial charge in [0.25, 0.3) is 0 Å². The average molecular weight is 431 g/mol. The van der Waals surface area contributed by atoms with Crippen molar-refractivity contribution in [2.75, 3.05) is 26.7 Å². The lowest BCUT2D eigenvalue weighted by Gasteiger charge is -2.28. The lowest BCUT2D eigenvalue weighted by atomic mass is 9.82. The van der Waals surface area contributed by atoms with Crippen LogP contribution in [0.15, 0.2) is 29.3 Å².